The van der Waals surface area contributed by atoms with Crippen LogP contribution >= 0.6 is 0 Å². The average molecular weight is 178 g/mol. The maximum Gasteiger partial charge on any atom is 0.144 e. The molecule has 0 bridgehead atoms. The number of nitrogens with one attached hydrogen (secondary N) is 1. The average Bonchev–Trinajstić information content (AvgIpc) is 2.12. The van der Waals surface area contributed by atoms with E-state index in [9.17, 15) is 4.39 Å². The Labute approximate surface area is 77.2 Å². The highest BCUT2D eigenvalue weighted by molar-refractivity contribution is 5.29. The standard InChI is InChI=1S/C10H11FN2/c1-8-10(11)6-5-9(13-8)4-3-7-12-2/h5-6,12H,7H2,1-2H3. The highest BCUT2D eigenvalue weighted by Gasteiger charge is 1.97. The Hall–Kier alpha value is -1.40. The Morgan fingerprint density at radius 1 is 1.54 bits per heavy atom. The minimum absolute atomic E-state index is 0.292. The van der Waals surface area contributed by atoms with Gasteiger partial charge in [-0.15, -0.1) is 0 Å². The predicted molar refractivity (Wildman–Crippen MR) is 49.7 cm³/mol. The van der Waals surface area contributed by atoms with Gasteiger partial charge in [0.15, 0.2) is 0 Å². The van der Waals surface area contributed by atoms with E-state index in [0.717, 1.165) is 0 Å². The van der Waals surface area contributed by atoms with Gasteiger partial charge in [-0.05, 0) is 32.0 Å². The van der Waals surface area contributed by atoms with Crippen molar-refractivity contribution in [2.24, 2.45) is 0 Å². The number of hydrogen-bond acceptors (Lipinski definition) is 2. The minimum atomic E-state index is -0.292. The lowest BCUT2D eigenvalue weighted by molar-refractivity contribution is 0.609. The smallest absolute Gasteiger partial charge is 0.144 e. The number of aryl methyl sites for hydroxylation is 1. The van der Waals surface area contributed by atoms with Crippen molar-refractivity contribution in [1.29, 1.82) is 0 Å². The third-order valence-electron chi connectivity index (χ3n) is 1.50. The molecule has 0 spiro atoms. The molecule has 2 nitrogen and oxygen atoms in total. The molecule has 0 aromatic carbocycles. The van der Waals surface area contributed by atoms with Gasteiger partial charge in [-0.2, -0.15) is 0 Å². The lowest BCUT2D eigenvalue weighted by atomic mass is 10.3. The summed E-state index contributed by atoms with van der Waals surface area (Å²) in [4.78, 5) is 3.97. The van der Waals surface area contributed by atoms with E-state index in [4.69, 9.17) is 0 Å². The molecule has 0 radical (unpaired) electrons. The molecule has 0 aliphatic heterocycles. The zero-order valence-electron chi connectivity index (χ0n) is 7.69. The maximum absolute atomic E-state index is 12.8. The number of hydrogen-bond donors (Lipinski definition) is 1. The Bertz CT molecular complexity index is 350. The van der Waals surface area contributed by atoms with E-state index in [1.807, 2.05) is 7.05 Å². The van der Waals surface area contributed by atoms with Crippen molar-refractivity contribution >= 4 is 0 Å². The zero-order valence-corrected chi connectivity index (χ0v) is 7.69. The number of rotatable bonds is 1. The van der Waals surface area contributed by atoms with Crippen LogP contribution < -0.4 is 5.32 Å². The van der Waals surface area contributed by atoms with Gasteiger partial charge >= 0.3 is 0 Å². The van der Waals surface area contributed by atoms with Crippen LogP contribution in [0.5, 0.6) is 0 Å². The van der Waals surface area contributed by atoms with Gasteiger partial charge in [0, 0.05) is 0 Å². The van der Waals surface area contributed by atoms with E-state index >= 15 is 0 Å². The van der Waals surface area contributed by atoms with Crippen LogP contribution in [0, 0.1) is 24.6 Å². The molecule has 13 heavy (non-hydrogen) atoms. The van der Waals surface area contributed by atoms with Crippen LogP contribution in [0.1, 0.15) is 11.4 Å². The number of nitrogens with zero attached hydrogens (tertiary/aromatic N) is 1. The highest BCUT2D eigenvalue weighted by atomic mass is 19.1. The van der Waals surface area contributed by atoms with Crippen molar-refractivity contribution < 1.29 is 4.39 Å². The van der Waals surface area contributed by atoms with Crippen molar-refractivity contribution in [1.82, 2.24) is 10.3 Å². The van der Waals surface area contributed by atoms with Crippen LogP contribution in [0.2, 0.25) is 0 Å². The van der Waals surface area contributed by atoms with Gasteiger partial charge in [0.1, 0.15) is 11.5 Å². The summed E-state index contributed by atoms with van der Waals surface area (Å²) in [6.45, 7) is 2.23. The fourth-order valence-electron chi connectivity index (χ4n) is 0.837. The molecule has 0 unspecified atom stereocenters. The molecule has 0 atom stereocenters. The summed E-state index contributed by atoms with van der Waals surface area (Å²) in [5.41, 5.74) is 0.991. The number of halogens is 1. The first kappa shape index (κ1) is 9.69. The molecule has 1 rings (SSSR count). The summed E-state index contributed by atoms with van der Waals surface area (Å²) >= 11 is 0. The highest BCUT2D eigenvalue weighted by Crippen LogP contribution is 2.02. The molecule has 0 aliphatic rings. The van der Waals surface area contributed by atoms with Crippen LogP contribution in [-0.2, 0) is 0 Å². The molecule has 1 aromatic heterocycles. The fraction of sp³-hybridized carbons (Fsp3) is 0.300. The molecule has 0 aliphatic carbocycles. The molecule has 3 heteroatoms. The third-order valence-corrected chi connectivity index (χ3v) is 1.50. The third kappa shape index (κ3) is 2.85. The van der Waals surface area contributed by atoms with Gasteiger partial charge < -0.3 is 5.32 Å². The van der Waals surface area contributed by atoms with E-state index in [1.165, 1.54) is 6.07 Å². The second kappa shape index (κ2) is 4.58. The summed E-state index contributed by atoms with van der Waals surface area (Å²) in [6.07, 6.45) is 0. The Kier molecular flexibility index (Phi) is 3.41. The first-order valence-corrected chi connectivity index (χ1v) is 4.00. The van der Waals surface area contributed by atoms with E-state index < -0.39 is 0 Å². The molecule has 0 amide bonds. The monoisotopic (exact) mass is 178 g/mol. The van der Waals surface area contributed by atoms with Crippen molar-refractivity contribution in [2.45, 2.75) is 6.92 Å². The maximum atomic E-state index is 12.8. The molecular weight excluding hydrogens is 167 g/mol. The summed E-state index contributed by atoms with van der Waals surface area (Å²) in [5, 5.41) is 2.89. The van der Waals surface area contributed by atoms with E-state index in [0.29, 0.717) is 17.9 Å². The van der Waals surface area contributed by atoms with Crippen LogP contribution in [0.25, 0.3) is 0 Å². The molecule has 0 saturated carbocycles. The summed E-state index contributed by atoms with van der Waals surface area (Å²) in [7, 11) is 1.82. The molecule has 1 aromatic rings. The Morgan fingerprint density at radius 2 is 2.31 bits per heavy atom. The molecule has 0 saturated heterocycles. The second-order valence-electron chi connectivity index (χ2n) is 2.60. The summed E-state index contributed by atoms with van der Waals surface area (Å²) in [6, 6.07) is 2.96. The fourth-order valence-corrected chi connectivity index (χ4v) is 0.837. The second-order valence-corrected chi connectivity index (χ2v) is 2.60. The topological polar surface area (TPSA) is 24.9 Å². The molecule has 68 valence electrons. The summed E-state index contributed by atoms with van der Waals surface area (Å²) in [5.74, 6) is 5.38. The van der Waals surface area contributed by atoms with Crippen molar-refractivity contribution in [3.63, 3.8) is 0 Å². The largest absolute Gasteiger partial charge is 0.309 e. The molecule has 0 fully saturated rings. The van der Waals surface area contributed by atoms with Crippen LogP contribution in [-0.4, -0.2) is 18.6 Å². The first-order valence-electron chi connectivity index (χ1n) is 4.00. The van der Waals surface area contributed by atoms with Crippen LogP contribution in [0.15, 0.2) is 12.1 Å². The van der Waals surface area contributed by atoms with Gasteiger partial charge in [0.25, 0.3) is 0 Å². The van der Waals surface area contributed by atoms with Gasteiger partial charge in [-0.3, -0.25) is 0 Å². The van der Waals surface area contributed by atoms with Crippen molar-refractivity contribution in [2.75, 3.05) is 13.6 Å². The van der Waals surface area contributed by atoms with Gasteiger partial charge in [0.2, 0.25) is 0 Å². The van der Waals surface area contributed by atoms with Crippen molar-refractivity contribution in [3.05, 3.63) is 29.3 Å². The Balaban J connectivity index is 2.81. The van der Waals surface area contributed by atoms with Crippen LogP contribution in [0.3, 0.4) is 0 Å². The lowest BCUT2D eigenvalue weighted by Gasteiger charge is -1.94. The number of aromatic nitrogens is 1. The first-order chi connectivity index (χ1) is 6.24. The van der Waals surface area contributed by atoms with Crippen LogP contribution in [0.4, 0.5) is 4.39 Å². The lowest BCUT2D eigenvalue weighted by Crippen LogP contribution is -2.04. The van der Waals surface area contributed by atoms with Gasteiger partial charge in [-0.25, -0.2) is 9.37 Å². The zero-order chi connectivity index (χ0) is 9.68. The molecule has 1 heterocycles. The normalized spacial score (nSPS) is 9.15. The molecule has 1 N–H and O–H groups in total. The quantitative estimate of drug-likeness (QED) is 0.651. The summed E-state index contributed by atoms with van der Waals surface area (Å²) < 4.78 is 12.8. The SMILES string of the molecule is CNCC#Cc1ccc(F)c(C)n1. The molecular formula is C10H11FN2. The van der Waals surface area contributed by atoms with Crippen molar-refractivity contribution in [3.8, 4) is 11.8 Å². The van der Waals surface area contributed by atoms with E-state index in [-0.39, 0.29) is 5.82 Å². The minimum Gasteiger partial charge on any atom is -0.309 e. The number of pyridine rings is 1. The van der Waals surface area contributed by atoms with Gasteiger partial charge in [-0.1, -0.05) is 5.92 Å². The Morgan fingerprint density at radius 3 is 2.92 bits per heavy atom. The van der Waals surface area contributed by atoms with E-state index in [1.54, 1.807) is 13.0 Å². The predicted octanol–water partition coefficient (Wildman–Crippen LogP) is 1.10. The van der Waals surface area contributed by atoms with E-state index in [2.05, 4.69) is 22.1 Å². The van der Waals surface area contributed by atoms with Gasteiger partial charge in [0.05, 0.1) is 12.2 Å².